The summed E-state index contributed by atoms with van der Waals surface area (Å²) in [6.45, 7) is 9.25. The minimum atomic E-state index is -1.02. The van der Waals surface area contributed by atoms with E-state index in [1.807, 2.05) is 0 Å². The van der Waals surface area contributed by atoms with Crippen molar-refractivity contribution in [3.8, 4) is 0 Å². The molecule has 174 valence electrons. The van der Waals surface area contributed by atoms with Crippen molar-refractivity contribution in [2.75, 3.05) is 36.2 Å². The quantitative estimate of drug-likeness (QED) is 0.252. The standard InChI is InChI=1S/C21H30O8S2/c1-14(2)20(24)26-10-16(11-27-21(25)15(3)4)28-18(22)6-7-19(23)29-17-12-30-8-5-9-31-13-17/h16-17H,1,3,5-13H2,2,4H3. The molecule has 31 heavy (non-hydrogen) atoms. The highest BCUT2D eigenvalue weighted by Crippen LogP contribution is 2.19. The van der Waals surface area contributed by atoms with Crippen LogP contribution in [0.5, 0.6) is 0 Å². The molecule has 1 aliphatic rings. The first-order chi connectivity index (χ1) is 14.7. The highest BCUT2D eigenvalue weighted by Gasteiger charge is 2.22. The van der Waals surface area contributed by atoms with Gasteiger partial charge in [0.05, 0.1) is 12.8 Å². The molecule has 0 saturated carbocycles. The molecule has 0 aromatic heterocycles. The van der Waals surface area contributed by atoms with Crippen molar-refractivity contribution in [3.05, 3.63) is 24.3 Å². The monoisotopic (exact) mass is 474 g/mol. The number of thioether (sulfide) groups is 2. The normalized spacial score (nSPS) is 14.7. The van der Waals surface area contributed by atoms with Crippen LogP contribution in [-0.4, -0.2) is 72.3 Å². The van der Waals surface area contributed by atoms with Crippen LogP contribution in [0, 0.1) is 0 Å². The Labute approximate surface area is 191 Å². The number of hydrogen-bond donors (Lipinski definition) is 0. The molecule has 0 spiro atoms. The summed E-state index contributed by atoms with van der Waals surface area (Å²) in [5, 5.41) is 0. The molecule has 8 nitrogen and oxygen atoms in total. The molecule has 1 fully saturated rings. The Morgan fingerprint density at radius 3 is 1.84 bits per heavy atom. The molecule has 1 heterocycles. The predicted molar refractivity (Wildman–Crippen MR) is 120 cm³/mol. The van der Waals surface area contributed by atoms with Crippen molar-refractivity contribution in [2.45, 2.75) is 45.3 Å². The molecule has 0 bridgehead atoms. The van der Waals surface area contributed by atoms with Gasteiger partial charge in [-0.2, -0.15) is 23.5 Å². The highest BCUT2D eigenvalue weighted by atomic mass is 32.2. The third-order valence-electron chi connectivity index (χ3n) is 3.81. The van der Waals surface area contributed by atoms with Gasteiger partial charge in [-0.3, -0.25) is 9.59 Å². The van der Waals surface area contributed by atoms with E-state index >= 15 is 0 Å². The van der Waals surface area contributed by atoms with E-state index in [0.717, 1.165) is 29.4 Å². The van der Waals surface area contributed by atoms with Gasteiger partial charge in [0.25, 0.3) is 0 Å². The summed E-state index contributed by atoms with van der Waals surface area (Å²) in [7, 11) is 0. The maximum absolute atomic E-state index is 12.2. The summed E-state index contributed by atoms with van der Waals surface area (Å²) >= 11 is 3.51. The van der Waals surface area contributed by atoms with Crippen LogP contribution in [0.1, 0.15) is 33.1 Å². The smallest absolute Gasteiger partial charge is 0.333 e. The minimum Gasteiger partial charge on any atom is -0.461 e. The molecule has 0 aromatic carbocycles. The van der Waals surface area contributed by atoms with Crippen molar-refractivity contribution in [2.24, 2.45) is 0 Å². The SMILES string of the molecule is C=C(C)C(=O)OCC(COC(=O)C(=C)C)OC(=O)CCC(=O)OC1CSCCCSC1. The van der Waals surface area contributed by atoms with Crippen LogP contribution in [0.2, 0.25) is 0 Å². The van der Waals surface area contributed by atoms with Gasteiger partial charge in [0, 0.05) is 22.7 Å². The zero-order valence-electron chi connectivity index (χ0n) is 18.0. The number of esters is 4. The second-order valence-corrected chi connectivity index (χ2v) is 9.28. The van der Waals surface area contributed by atoms with Crippen molar-refractivity contribution in [1.82, 2.24) is 0 Å². The van der Waals surface area contributed by atoms with Gasteiger partial charge in [-0.1, -0.05) is 13.2 Å². The van der Waals surface area contributed by atoms with Crippen LogP contribution in [0.15, 0.2) is 24.3 Å². The first-order valence-electron chi connectivity index (χ1n) is 9.88. The molecule has 0 unspecified atom stereocenters. The van der Waals surface area contributed by atoms with E-state index < -0.39 is 30.0 Å². The van der Waals surface area contributed by atoms with Crippen LogP contribution in [0.3, 0.4) is 0 Å². The molecule has 0 N–H and O–H groups in total. The van der Waals surface area contributed by atoms with Gasteiger partial charge < -0.3 is 18.9 Å². The van der Waals surface area contributed by atoms with Crippen molar-refractivity contribution >= 4 is 47.4 Å². The van der Waals surface area contributed by atoms with E-state index in [4.69, 9.17) is 18.9 Å². The average Bonchev–Trinajstić information content (AvgIpc) is 2.69. The van der Waals surface area contributed by atoms with Crippen LogP contribution in [0.25, 0.3) is 0 Å². The molecule has 1 aliphatic heterocycles. The van der Waals surface area contributed by atoms with Crippen LogP contribution in [0.4, 0.5) is 0 Å². The summed E-state index contributed by atoms with van der Waals surface area (Å²) in [5.41, 5.74) is 0.356. The lowest BCUT2D eigenvalue weighted by Crippen LogP contribution is -2.31. The summed E-state index contributed by atoms with van der Waals surface area (Å²) in [6, 6.07) is 0. The zero-order valence-corrected chi connectivity index (χ0v) is 19.6. The maximum Gasteiger partial charge on any atom is 0.333 e. The van der Waals surface area contributed by atoms with E-state index in [1.165, 1.54) is 13.8 Å². The summed E-state index contributed by atoms with van der Waals surface area (Å²) in [6.07, 6.45) is -0.380. The fourth-order valence-corrected chi connectivity index (χ4v) is 4.46. The number of hydrogen-bond acceptors (Lipinski definition) is 10. The number of carbonyl (C=O) groups is 4. The van der Waals surface area contributed by atoms with Gasteiger partial charge in [-0.05, 0) is 31.8 Å². The van der Waals surface area contributed by atoms with E-state index in [9.17, 15) is 19.2 Å². The molecule has 0 aromatic rings. The largest absolute Gasteiger partial charge is 0.461 e. The van der Waals surface area contributed by atoms with E-state index in [1.54, 1.807) is 23.5 Å². The lowest BCUT2D eigenvalue weighted by atomic mass is 10.3. The van der Waals surface area contributed by atoms with Crippen molar-refractivity contribution in [3.63, 3.8) is 0 Å². The van der Waals surface area contributed by atoms with Crippen LogP contribution in [-0.2, 0) is 38.1 Å². The second kappa shape index (κ2) is 15.0. The van der Waals surface area contributed by atoms with Gasteiger partial charge in [-0.15, -0.1) is 0 Å². The first-order valence-corrected chi connectivity index (χ1v) is 12.2. The van der Waals surface area contributed by atoms with Crippen LogP contribution < -0.4 is 0 Å². The summed E-state index contributed by atoms with van der Waals surface area (Å²) in [4.78, 5) is 47.4. The van der Waals surface area contributed by atoms with Crippen molar-refractivity contribution in [1.29, 1.82) is 0 Å². The number of ether oxygens (including phenoxy) is 4. The predicted octanol–water partition coefficient (Wildman–Crippen LogP) is 2.70. The van der Waals surface area contributed by atoms with Crippen LogP contribution >= 0.6 is 23.5 Å². The molecule has 0 aliphatic carbocycles. The molecule has 10 heteroatoms. The third-order valence-corrected chi connectivity index (χ3v) is 6.18. The topological polar surface area (TPSA) is 105 Å². The van der Waals surface area contributed by atoms with Gasteiger partial charge in [0.15, 0.2) is 6.10 Å². The van der Waals surface area contributed by atoms with Gasteiger partial charge in [0.2, 0.25) is 0 Å². The van der Waals surface area contributed by atoms with Crippen molar-refractivity contribution < 1.29 is 38.1 Å². The van der Waals surface area contributed by atoms with E-state index in [0.29, 0.717) is 0 Å². The highest BCUT2D eigenvalue weighted by molar-refractivity contribution is 8.00. The maximum atomic E-state index is 12.2. The fourth-order valence-electron chi connectivity index (χ4n) is 2.20. The lowest BCUT2D eigenvalue weighted by molar-refractivity contribution is -0.165. The Kier molecular flexibility index (Phi) is 13.1. The van der Waals surface area contributed by atoms with E-state index in [-0.39, 0.29) is 43.3 Å². The third kappa shape index (κ3) is 12.5. The molecule has 1 rings (SSSR count). The fraction of sp³-hybridized carbons (Fsp3) is 0.619. The summed E-state index contributed by atoms with van der Waals surface area (Å²) < 4.78 is 20.6. The van der Waals surface area contributed by atoms with E-state index in [2.05, 4.69) is 13.2 Å². The Balaban J connectivity index is 2.48. The second-order valence-electron chi connectivity index (χ2n) is 6.98. The Bertz CT molecular complexity index is 638. The first kappa shape index (κ1) is 27.1. The molecule has 0 atom stereocenters. The van der Waals surface area contributed by atoms with Gasteiger partial charge >= 0.3 is 23.9 Å². The van der Waals surface area contributed by atoms with Gasteiger partial charge in [0.1, 0.15) is 19.3 Å². The lowest BCUT2D eigenvalue weighted by Gasteiger charge is -2.20. The molecule has 1 saturated heterocycles. The number of rotatable bonds is 11. The molecular formula is C21H30O8S2. The molecule has 0 radical (unpaired) electrons. The number of carbonyl (C=O) groups excluding carboxylic acids is 4. The minimum absolute atomic E-state index is 0.130. The van der Waals surface area contributed by atoms with Gasteiger partial charge in [-0.25, -0.2) is 9.59 Å². The Morgan fingerprint density at radius 2 is 1.35 bits per heavy atom. The summed E-state index contributed by atoms with van der Waals surface area (Å²) in [5.74, 6) is 1.09. The average molecular weight is 475 g/mol. The molecular weight excluding hydrogens is 444 g/mol. The molecule has 0 amide bonds. The zero-order chi connectivity index (χ0) is 23.2. The Morgan fingerprint density at radius 1 is 0.871 bits per heavy atom. The Hall–Kier alpha value is -1.94.